The molecule has 136 valence electrons. The first kappa shape index (κ1) is 17.8. The van der Waals surface area contributed by atoms with E-state index in [2.05, 4.69) is 11.8 Å². The molecule has 0 fully saturated rings. The molecule has 0 saturated heterocycles. The van der Waals surface area contributed by atoms with E-state index in [4.69, 9.17) is 0 Å². The van der Waals surface area contributed by atoms with Crippen LogP contribution in [0.25, 0.3) is 10.8 Å². The quantitative estimate of drug-likeness (QED) is 0.478. The largest absolute Gasteiger partial charge is 0.311 e. The van der Waals surface area contributed by atoms with Crippen LogP contribution in [0.3, 0.4) is 0 Å². The second kappa shape index (κ2) is 7.94. The molecule has 0 radical (unpaired) electrons. The molecule has 0 unspecified atom stereocenters. The van der Waals surface area contributed by atoms with E-state index in [1.165, 1.54) is 12.1 Å². The Morgan fingerprint density at radius 1 is 0.857 bits per heavy atom. The fourth-order valence-electron chi connectivity index (χ4n) is 3.11. The van der Waals surface area contributed by atoms with E-state index in [1.54, 1.807) is 22.9 Å². The van der Waals surface area contributed by atoms with Crippen molar-refractivity contribution in [2.45, 2.75) is 13.0 Å². The lowest BCUT2D eigenvalue weighted by Crippen LogP contribution is -2.20. The van der Waals surface area contributed by atoms with Gasteiger partial charge in [-0.3, -0.25) is 4.79 Å². The zero-order valence-electron chi connectivity index (χ0n) is 15.2. The monoisotopic (exact) mass is 367 g/mol. The van der Waals surface area contributed by atoms with Crippen LogP contribution in [0.15, 0.2) is 89.9 Å². The van der Waals surface area contributed by atoms with Crippen molar-refractivity contribution in [1.82, 2.24) is 4.57 Å². The van der Waals surface area contributed by atoms with Crippen LogP contribution >= 0.6 is 0 Å². The molecule has 0 amide bonds. The number of hydrogen-bond donors (Lipinski definition) is 0. The summed E-state index contributed by atoms with van der Waals surface area (Å²) in [6, 6.07) is 23.9. The summed E-state index contributed by atoms with van der Waals surface area (Å²) in [6.45, 7) is 0.402. The Hall–Kier alpha value is -3.64. The molecule has 0 aliphatic heterocycles. The molecule has 0 aliphatic rings. The van der Waals surface area contributed by atoms with Gasteiger partial charge >= 0.3 is 0 Å². The van der Waals surface area contributed by atoms with Gasteiger partial charge in [-0.1, -0.05) is 60.4 Å². The summed E-state index contributed by atoms with van der Waals surface area (Å²) in [7, 11) is 0. The molecule has 0 spiro atoms. The number of pyridine rings is 1. The summed E-state index contributed by atoms with van der Waals surface area (Å²) in [6.07, 6.45) is 2.44. The van der Waals surface area contributed by atoms with E-state index in [0.29, 0.717) is 18.4 Å². The zero-order chi connectivity index (χ0) is 19.3. The zero-order valence-corrected chi connectivity index (χ0v) is 15.2. The van der Waals surface area contributed by atoms with Gasteiger partial charge in [0.25, 0.3) is 5.56 Å². The van der Waals surface area contributed by atoms with Crippen LogP contribution in [-0.2, 0) is 13.0 Å². The van der Waals surface area contributed by atoms with E-state index < -0.39 is 0 Å². The van der Waals surface area contributed by atoms with Crippen molar-refractivity contribution in [3.05, 3.63) is 118 Å². The molecule has 0 saturated carbocycles. The normalized spacial score (nSPS) is 10.5. The van der Waals surface area contributed by atoms with E-state index >= 15 is 0 Å². The van der Waals surface area contributed by atoms with Crippen LogP contribution < -0.4 is 5.56 Å². The number of fused-ring (bicyclic) bond motifs is 1. The first-order chi connectivity index (χ1) is 13.7. The SMILES string of the molecule is O=c1c2cc(C#CCc3ccccc3)ccc2ccn1Cc1ccc(F)cc1. The third kappa shape index (κ3) is 4.02. The summed E-state index contributed by atoms with van der Waals surface area (Å²) in [5.74, 6) is 6.03. The summed E-state index contributed by atoms with van der Waals surface area (Å²) < 4.78 is 14.7. The predicted molar refractivity (Wildman–Crippen MR) is 111 cm³/mol. The van der Waals surface area contributed by atoms with Gasteiger partial charge < -0.3 is 4.57 Å². The fourth-order valence-corrected chi connectivity index (χ4v) is 3.11. The van der Waals surface area contributed by atoms with Gasteiger partial charge in [0.05, 0.1) is 6.54 Å². The van der Waals surface area contributed by atoms with Crippen molar-refractivity contribution >= 4 is 10.8 Å². The van der Waals surface area contributed by atoms with Crippen molar-refractivity contribution in [3.8, 4) is 11.8 Å². The second-order valence-corrected chi connectivity index (χ2v) is 6.64. The first-order valence-corrected chi connectivity index (χ1v) is 9.09. The second-order valence-electron chi connectivity index (χ2n) is 6.64. The molecule has 3 heteroatoms. The summed E-state index contributed by atoms with van der Waals surface area (Å²) in [5, 5.41) is 1.52. The standard InChI is InChI=1S/C25H18FNO/c26-23-13-10-21(11-14-23)18-27-16-15-22-12-9-20(17-24(22)25(27)28)8-4-7-19-5-2-1-3-6-19/h1-3,5-6,9-17H,7,18H2. The minimum Gasteiger partial charge on any atom is -0.311 e. The number of halogens is 1. The van der Waals surface area contributed by atoms with E-state index in [-0.39, 0.29) is 11.4 Å². The molecule has 1 aromatic heterocycles. The minimum atomic E-state index is -0.284. The van der Waals surface area contributed by atoms with Crippen molar-refractivity contribution in [2.24, 2.45) is 0 Å². The molecule has 0 bridgehead atoms. The molecule has 4 aromatic rings. The first-order valence-electron chi connectivity index (χ1n) is 9.09. The third-order valence-electron chi connectivity index (χ3n) is 4.61. The molecular formula is C25H18FNO. The summed E-state index contributed by atoms with van der Waals surface area (Å²) in [5.41, 5.74) is 2.78. The maximum atomic E-state index is 13.1. The average Bonchev–Trinajstić information content (AvgIpc) is 2.73. The molecule has 4 rings (SSSR count). The molecule has 0 N–H and O–H groups in total. The van der Waals surface area contributed by atoms with Gasteiger partial charge in [0.15, 0.2) is 0 Å². The van der Waals surface area contributed by atoms with Gasteiger partial charge in [-0.15, -0.1) is 0 Å². The van der Waals surface area contributed by atoms with Crippen LogP contribution in [0, 0.1) is 17.7 Å². The molecule has 3 aromatic carbocycles. The molecule has 1 heterocycles. The smallest absolute Gasteiger partial charge is 0.258 e. The van der Waals surface area contributed by atoms with Crippen molar-refractivity contribution in [2.75, 3.05) is 0 Å². The third-order valence-corrected chi connectivity index (χ3v) is 4.61. The number of aromatic nitrogens is 1. The van der Waals surface area contributed by atoms with Crippen LogP contribution in [-0.4, -0.2) is 4.57 Å². The Morgan fingerprint density at radius 3 is 2.43 bits per heavy atom. The maximum absolute atomic E-state index is 13.1. The minimum absolute atomic E-state index is 0.0754. The molecule has 28 heavy (non-hydrogen) atoms. The van der Waals surface area contributed by atoms with Crippen molar-refractivity contribution in [3.63, 3.8) is 0 Å². The Kier molecular flexibility index (Phi) is 5.03. The average molecular weight is 367 g/mol. The Bertz CT molecular complexity index is 1230. The van der Waals surface area contributed by atoms with Crippen molar-refractivity contribution < 1.29 is 4.39 Å². The molecular weight excluding hydrogens is 349 g/mol. The molecule has 0 aliphatic carbocycles. The van der Waals surface area contributed by atoms with Gasteiger partial charge in [0.1, 0.15) is 5.82 Å². The van der Waals surface area contributed by atoms with E-state index in [1.807, 2.05) is 54.6 Å². The fraction of sp³-hybridized carbons (Fsp3) is 0.0800. The molecule has 2 nitrogen and oxygen atoms in total. The lowest BCUT2D eigenvalue weighted by molar-refractivity contribution is 0.626. The van der Waals surface area contributed by atoms with Crippen LogP contribution in [0.5, 0.6) is 0 Å². The van der Waals surface area contributed by atoms with Gasteiger partial charge in [-0.25, -0.2) is 4.39 Å². The van der Waals surface area contributed by atoms with Crippen LogP contribution in [0.2, 0.25) is 0 Å². The van der Waals surface area contributed by atoms with Crippen molar-refractivity contribution in [1.29, 1.82) is 0 Å². The Labute approximate surface area is 162 Å². The van der Waals surface area contributed by atoms with Gasteiger partial charge in [0, 0.05) is 23.6 Å². The highest BCUT2D eigenvalue weighted by Gasteiger charge is 2.05. The lowest BCUT2D eigenvalue weighted by atomic mass is 10.1. The number of nitrogens with zero attached hydrogens (tertiary/aromatic N) is 1. The highest BCUT2D eigenvalue weighted by molar-refractivity contribution is 5.82. The summed E-state index contributed by atoms with van der Waals surface area (Å²) >= 11 is 0. The summed E-state index contributed by atoms with van der Waals surface area (Å²) in [4.78, 5) is 12.9. The predicted octanol–water partition coefficient (Wildman–Crippen LogP) is 4.78. The number of hydrogen-bond acceptors (Lipinski definition) is 1. The molecule has 0 atom stereocenters. The van der Waals surface area contributed by atoms with Gasteiger partial charge in [0.2, 0.25) is 0 Å². The van der Waals surface area contributed by atoms with Gasteiger partial charge in [-0.2, -0.15) is 0 Å². The van der Waals surface area contributed by atoms with Crippen LogP contribution in [0.1, 0.15) is 16.7 Å². The van der Waals surface area contributed by atoms with E-state index in [9.17, 15) is 9.18 Å². The van der Waals surface area contributed by atoms with Gasteiger partial charge in [-0.05, 0) is 46.8 Å². The number of rotatable bonds is 3. The maximum Gasteiger partial charge on any atom is 0.258 e. The highest BCUT2D eigenvalue weighted by Crippen LogP contribution is 2.13. The Morgan fingerprint density at radius 2 is 1.64 bits per heavy atom. The Balaban J connectivity index is 1.62. The topological polar surface area (TPSA) is 22.0 Å². The number of benzene rings is 3. The lowest BCUT2D eigenvalue weighted by Gasteiger charge is -2.08. The highest BCUT2D eigenvalue weighted by atomic mass is 19.1. The van der Waals surface area contributed by atoms with Crippen LogP contribution in [0.4, 0.5) is 4.39 Å². The van der Waals surface area contributed by atoms with E-state index in [0.717, 1.165) is 22.1 Å².